The molecule has 1 saturated carbocycles. The van der Waals surface area contributed by atoms with E-state index in [9.17, 15) is 5.11 Å². The second-order valence-electron chi connectivity index (χ2n) is 8.22. The third-order valence-corrected chi connectivity index (χ3v) is 7.05. The van der Waals surface area contributed by atoms with E-state index in [1.54, 1.807) is 6.20 Å². The summed E-state index contributed by atoms with van der Waals surface area (Å²) in [5, 5.41) is 10.0. The third-order valence-electron chi connectivity index (χ3n) is 6.61. The molecule has 2 aliphatic rings. The Kier molecular flexibility index (Phi) is 5.42. The molecule has 0 aromatic carbocycles. The molecule has 4 rings (SSSR count). The van der Waals surface area contributed by atoms with Gasteiger partial charge in [0, 0.05) is 41.1 Å². The summed E-state index contributed by atoms with van der Waals surface area (Å²) in [5.41, 5.74) is 10.8. The molecule has 0 amide bonds. The van der Waals surface area contributed by atoms with Gasteiger partial charge in [-0.1, -0.05) is 6.42 Å². The first-order valence-corrected chi connectivity index (χ1v) is 10.8. The summed E-state index contributed by atoms with van der Waals surface area (Å²) >= 11 is 3.49. The van der Waals surface area contributed by atoms with E-state index < -0.39 is 0 Å². The molecular formula is C21H28BrN5O. The SMILES string of the molecule is Cc1ncc(Br)cc1-c1nc(CO)c(N2CCC3(CCC[C@H]3N)CC2)nc1C. The van der Waals surface area contributed by atoms with Gasteiger partial charge in [-0.05, 0) is 66.9 Å². The Morgan fingerprint density at radius 2 is 1.96 bits per heavy atom. The minimum Gasteiger partial charge on any atom is -0.390 e. The zero-order valence-electron chi connectivity index (χ0n) is 16.6. The number of hydrogen-bond donors (Lipinski definition) is 2. The van der Waals surface area contributed by atoms with Gasteiger partial charge in [0.2, 0.25) is 0 Å². The van der Waals surface area contributed by atoms with Gasteiger partial charge < -0.3 is 15.7 Å². The molecule has 1 aliphatic heterocycles. The lowest BCUT2D eigenvalue weighted by molar-refractivity contribution is 0.196. The number of aromatic nitrogens is 3. The molecule has 1 spiro atoms. The van der Waals surface area contributed by atoms with Gasteiger partial charge in [-0.3, -0.25) is 4.98 Å². The number of nitrogens with zero attached hydrogens (tertiary/aromatic N) is 4. The summed E-state index contributed by atoms with van der Waals surface area (Å²) in [6.07, 6.45) is 7.60. The monoisotopic (exact) mass is 445 g/mol. The maximum absolute atomic E-state index is 10.0. The molecule has 0 bridgehead atoms. The maximum Gasteiger partial charge on any atom is 0.153 e. The van der Waals surface area contributed by atoms with Crippen LogP contribution in [0, 0.1) is 19.3 Å². The topological polar surface area (TPSA) is 88.2 Å². The lowest BCUT2D eigenvalue weighted by Crippen LogP contribution is -2.47. The Morgan fingerprint density at radius 1 is 1.21 bits per heavy atom. The van der Waals surface area contributed by atoms with Gasteiger partial charge in [-0.2, -0.15) is 0 Å². The minimum atomic E-state index is -0.128. The van der Waals surface area contributed by atoms with Crippen LogP contribution in [-0.4, -0.2) is 39.2 Å². The van der Waals surface area contributed by atoms with Crippen LogP contribution in [0.4, 0.5) is 5.82 Å². The number of nitrogens with two attached hydrogens (primary N) is 1. The molecule has 7 heteroatoms. The van der Waals surface area contributed by atoms with Crippen LogP contribution in [0.5, 0.6) is 0 Å². The molecule has 2 aromatic heterocycles. The van der Waals surface area contributed by atoms with Crippen LogP contribution in [0.25, 0.3) is 11.3 Å². The van der Waals surface area contributed by atoms with E-state index in [1.807, 2.05) is 19.9 Å². The molecule has 2 aromatic rings. The molecule has 6 nitrogen and oxygen atoms in total. The summed E-state index contributed by atoms with van der Waals surface area (Å²) in [4.78, 5) is 16.4. The minimum absolute atomic E-state index is 0.128. The molecule has 0 unspecified atom stereocenters. The van der Waals surface area contributed by atoms with E-state index in [2.05, 4.69) is 25.8 Å². The summed E-state index contributed by atoms with van der Waals surface area (Å²) in [5.74, 6) is 0.811. The molecule has 2 fully saturated rings. The number of hydrogen-bond acceptors (Lipinski definition) is 6. The highest BCUT2D eigenvalue weighted by atomic mass is 79.9. The van der Waals surface area contributed by atoms with Gasteiger partial charge in [0.25, 0.3) is 0 Å². The van der Waals surface area contributed by atoms with E-state index in [1.165, 1.54) is 12.8 Å². The fourth-order valence-electron chi connectivity index (χ4n) is 4.85. The molecule has 0 radical (unpaired) electrons. The quantitative estimate of drug-likeness (QED) is 0.751. The van der Waals surface area contributed by atoms with Gasteiger partial charge in [0.1, 0.15) is 5.69 Å². The molecule has 28 heavy (non-hydrogen) atoms. The van der Waals surface area contributed by atoms with Crippen molar-refractivity contribution in [1.82, 2.24) is 15.0 Å². The number of halogens is 1. The zero-order chi connectivity index (χ0) is 19.9. The highest BCUT2D eigenvalue weighted by Gasteiger charge is 2.43. The number of pyridine rings is 1. The Hall–Kier alpha value is -1.57. The fourth-order valence-corrected chi connectivity index (χ4v) is 5.19. The molecule has 3 N–H and O–H groups in total. The molecule has 3 heterocycles. The lowest BCUT2D eigenvalue weighted by Gasteiger charge is -2.42. The third kappa shape index (κ3) is 3.44. The number of aryl methyl sites for hydroxylation is 2. The largest absolute Gasteiger partial charge is 0.390 e. The van der Waals surface area contributed by atoms with Crippen molar-refractivity contribution in [2.24, 2.45) is 11.1 Å². The summed E-state index contributed by atoms with van der Waals surface area (Å²) in [7, 11) is 0. The first kappa shape index (κ1) is 19.7. The van der Waals surface area contributed by atoms with Crippen molar-refractivity contribution >= 4 is 21.7 Å². The van der Waals surface area contributed by atoms with E-state index >= 15 is 0 Å². The number of rotatable bonds is 3. The van der Waals surface area contributed by atoms with Crippen molar-refractivity contribution in [1.29, 1.82) is 0 Å². The predicted octanol–water partition coefficient (Wildman–Crippen LogP) is 3.51. The molecule has 1 aliphatic carbocycles. The number of anilines is 1. The molecule has 150 valence electrons. The van der Waals surface area contributed by atoms with Crippen molar-refractivity contribution in [3.8, 4) is 11.3 Å². The van der Waals surface area contributed by atoms with Crippen molar-refractivity contribution in [3.63, 3.8) is 0 Å². The van der Waals surface area contributed by atoms with Gasteiger partial charge in [0.15, 0.2) is 5.82 Å². The van der Waals surface area contributed by atoms with Gasteiger partial charge in [-0.15, -0.1) is 0 Å². The van der Waals surface area contributed by atoms with Gasteiger partial charge in [0.05, 0.1) is 18.0 Å². The van der Waals surface area contributed by atoms with Crippen molar-refractivity contribution in [2.45, 2.75) is 58.6 Å². The Morgan fingerprint density at radius 3 is 2.61 bits per heavy atom. The Balaban J connectivity index is 1.64. The second-order valence-corrected chi connectivity index (χ2v) is 9.14. The van der Waals surface area contributed by atoms with Crippen molar-refractivity contribution < 1.29 is 5.11 Å². The maximum atomic E-state index is 10.0. The van der Waals surface area contributed by atoms with Crippen LogP contribution in [0.2, 0.25) is 0 Å². The fraction of sp³-hybridized carbons (Fsp3) is 0.571. The van der Waals surface area contributed by atoms with Crippen LogP contribution in [-0.2, 0) is 6.61 Å². The summed E-state index contributed by atoms with van der Waals surface area (Å²) in [6, 6.07) is 2.33. The van der Waals surface area contributed by atoms with Crippen molar-refractivity contribution in [3.05, 3.63) is 33.8 Å². The average molecular weight is 446 g/mol. The van der Waals surface area contributed by atoms with E-state index in [4.69, 9.17) is 15.7 Å². The normalized spacial score (nSPS) is 21.5. The molecular weight excluding hydrogens is 418 g/mol. The number of aliphatic hydroxyl groups excluding tert-OH is 1. The first-order valence-electron chi connectivity index (χ1n) is 10.0. The van der Waals surface area contributed by atoms with Crippen molar-refractivity contribution in [2.75, 3.05) is 18.0 Å². The average Bonchev–Trinajstić information content (AvgIpc) is 3.04. The lowest BCUT2D eigenvalue weighted by atomic mass is 9.74. The smallest absolute Gasteiger partial charge is 0.153 e. The zero-order valence-corrected chi connectivity index (χ0v) is 18.2. The number of aliphatic hydroxyl groups is 1. The highest BCUT2D eigenvalue weighted by molar-refractivity contribution is 9.10. The van der Waals surface area contributed by atoms with E-state index in [0.29, 0.717) is 17.2 Å². The Labute approximate surface area is 174 Å². The van der Waals surface area contributed by atoms with Gasteiger partial charge in [-0.25, -0.2) is 9.97 Å². The standard InChI is InChI=1S/C21H28BrN5O/c1-13-16(10-15(22)11-24-13)19-14(2)25-20(17(12-28)26-19)27-8-6-21(7-9-27)5-3-4-18(21)23/h10-11,18,28H,3-9,12,23H2,1-2H3/t18-/m1/s1. The van der Waals surface area contributed by atoms with E-state index in [-0.39, 0.29) is 6.61 Å². The van der Waals surface area contributed by atoms with Crippen LogP contribution in [0.3, 0.4) is 0 Å². The van der Waals surface area contributed by atoms with Gasteiger partial charge >= 0.3 is 0 Å². The van der Waals surface area contributed by atoms with Crippen LogP contribution >= 0.6 is 15.9 Å². The Bertz CT molecular complexity index is 879. The first-order chi connectivity index (χ1) is 13.4. The van der Waals surface area contributed by atoms with Crippen LogP contribution in [0.1, 0.15) is 49.2 Å². The molecule has 1 saturated heterocycles. The second kappa shape index (κ2) is 7.69. The number of piperidine rings is 1. The van der Waals surface area contributed by atoms with E-state index in [0.717, 1.165) is 65.3 Å². The highest BCUT2D eigenvalue weighted by Crippen LogP contribution is 2.46. The molecule has 1 atom stereocenters. The van der Waals surface area contributed by atoms with Crippen LogP contribution < -0.4 is 10.6 Å². The van der Waals surface area contributed by atoms with Crippen LogP contribution in [0.15, 0.2) is 16.7 Å². The summed E-state index contributed by atoms with van der Waals surface area (Å²) in [6.45, 7) is 5.66. The summed E-state index contributed by atoms with van der Waals surface area (Å²) < 4.78 is 0.901. The predicted molar refractivity (Wildman–Crippen MR) is 114 cm³/mol.